The minimum atomic E-state index is -1.11. The molecular formula is C26H41FN5O2P. The number of rotatable bonds is 5. The number of aliphatic imine (C=N–C) groups is 1. The molecule has 1 saturated carbocycles. The minimum Gasteiger partial charge on any atom is -0.376 e. The lowest BCUT2D eigenvalue weighted by Crippen LogP contribution is -2.48. The van der Waals surface area contributed by atoms with Gasteiger partial charge in [-0.1, -0.05) is 16.2 Å². The van der Waals surface area contributed by atoms with Gasteiger partial charge < -0.3 is 15.5 Å². The SMILES string of the molecule is CC(c1cn2c(n1)N=C(C1CCOC(C)(C)C1)C(C[C@H]1CCCNC1=O)N2)C1CCC(F)(P)CC1. The van der Waals surface area contributed by atoms with Crippen LogP contribution in [-0.2, 0) is 9.53 Å². The molecule has 3 aliphatic heterocycles. The average molecular weight is 506 g/mol. The number of ether oxygens (including phenoxy) is 1. The Balaban J connectivity index is 1.39. The Hall–Kier alpha value is -1.53. The molecule has 4 heterocycles. The highest BCUT2D eigenvalue weighted by atomic mass is 31.0. The van der Waals surface area contributed by atoms with Crippen LogP contribution < -0.4 is 10.7 Å². The van der Waals surface area contributed by atoms with Gasteiger partial charge in [0.25, 0.3) is 0 Å². The fraction of sp³-hybridized carbons (Fsp3) is 0.808. The number of hydrogen-bond acceptors (Lipinski definition) is 5. The van der Waals surface area contributed by atoms with E-state index in [2.05, 4.69) is 47.0 Å². The molecule has 0 bridgehead atoms. The van der Waals surface area contributed by atoms with Crippen LogP contribution in [0.25, 0.3) is 0 Å². The molecule has 1 aliphatic carbocycles. The standard InChI is InChI=1S/C26H41FN5O2P/c1-16(17-6-9-26(27,35)10-7-17)21-15-32-24(29-21)30-22(19-8-12-34-25(2,3)14-19)20(31-32)13-18-5-4-11-28-23(18)33/h15-20,31H,4-14,35H2,1-3H3,(H,28,33)/t16?,17?,18-,19?,20?,26?/m1/s1. The van der Waals surface area contributed by atoms with Gasteiger partial charge in [0.05, 0.1) is 23.5 Å². The van der Waals surface area contributed by atoms with Crippen molar-refractivity contribution in [3.8, 4) is 0 Å². The van der Waals surface area contributed by atoms with Crippen LogP contribution in [-0.4, -0.2) is 51.5 Å². The molecule has 194 valence electrons. The highest BCUT2D eigenvalue weighted by Gasteiger charge is 2.39. The normalized spacial score (nSPS) is 35.9. The number of hydrogen-bond donors (Lipinski definition) is 2. The van der Waals surface area contributed by atoms with E-state index in [9.17, 15) is 9.18 Å². The summed E-state index contributed by atoms with van der Waals surface area (Å²) in [5.74, 6) is 1.82. The maximum atomic E-state index is 14.3. The number of piperidine rings is 1. The van der Waals surface area contributed by atoms with Crippen molar-refractivity contribution in [2.75, 3.05) is 18.6 Å². The lowest BCUT2D eigenvalue weighted by Gasteiger charge is -2.40. The summed E-state index contributed by atoms with van der Waals surface area (Å²) in [5.41, 5.74) is 5.61. The summed E-state index contributed by atoms with van der Waals surface area (Å²) in [6, 6.07) is -0.00782. The topological polar surface area (TPSA) is 80.5 Å². The van der Waals surface area contributed by atoms with Crippen LogP contribution in [0.5, 0.6) is 0 Å². The van der Waals surface area contributed by atoms with Gasteiger partial charge in [-0.3, -0.25) is 4.79 Å². The first-order valence-electron chi connectivity index (χ1n) is 13.4. The van der Waals surface area contributed by atoms with Crippen molar-refractivity contribution in [3.63, 3.8) is 0 Å². The molecule has 7 nitrogen and oxygen atoms in total. The van der Waals surface area contributed by atoms with Crippen LogP contribution in [0.1, 0.15) is 90.2 Å². The van der Waals surface area contributed by atoms with Crippen LogP contribution >= 0.6 is 9.24 Å². The van der Waals surface area contributed by atoms with E-state index in [1.807, 2.05) is 4.68 Å². The minimum absolute atomic E-state index is 0.00196. The van der Waals surface area contributed by atoms with Gasteiger partial charge in [0.1, 0.15) is 5.41 Å². The van der Waals surface area contributed by atoms with Gasteiger partial charge in [-0.15, -0.1) is 0 Å². The summed E-state index contributed by atoms with van der Waals surface area (Å²) in [7, 11) is 2.39. The first kappa shape index (κ1) is 25.1. The van der Waals surface area contributed by atoms with Gasteiger partial charge >= 0.3 is 0 Å². The summed E-state index contributed by atoms with van der Waals surface area (Å²) >= 11 is 0. The van der Waals surface area contributed by atoms with Gasteiger partial charge in [-0.25, -0.2) is 19.0 Å². The number of fused-ring (bicyclic) bond motifs is 1. The largest absolute Gasteiger partial charge is 0.376 e. The molecule has 0 spiro atoms. The third-order valence-electron chi connectivity index (χ3n) is 8.66. The summed E-state index contributed by atoms with van der Waals surface area (Å²) in [6.45, 7) is 7.99. The number of carbonyl (C=O) groups excluding carboxylic acids is 1. The van der Waals surface area contributed by atoms with E-state index in [1.54, 1.807) is 0 Å². The summed E-state index contributed by atoms with van der Waals surface area (Å²) in [4.78, 5) is 22.6. The van der Waals surface area contributed by atoms with Crippen molar-refractivity contribution < 1.29 is 13.9 Å². The molecule has 1 aromatic rings. The fourth-order valence-electron chi connectivity index (χ4n) is 6.45. The van der Waals surface area contributed by atoms with E-state index in [4.69, 9.17) is 14.7 Å². The van der Waals surface area contributed by atoms with E-state index in [1.165, 1.54) is 0 Å². The molecule has 4 aliphatic rings. The predicted octanol–water partition coefficient (Wildman–Crippen LogP) is 4.84. The smallest absolute Gasteiger partial charge is 0.248 e. The van der Waals surface area contributed by atoms with Crippen molar-refractivity contribution in [1.82, 2.24) is 15.0 Å². The molecule has 9 heteroatoms. The number of aromatic nitrogens is 2. The zero-order valence-electron chi connectivity index (χ0n) is 21.4. The van der Waals surface area contributed by atoms with Gasteiger partial charge in [-0.05, 0) is 77.6 Å². The van der Waals surface area contributed by atoms with E-state index < -0.39 is 5.41 Å². The molecule has 2 N–H and O–H groups in total. The van der Waals surface area contributed by atoms with Gasteiger partial charge in [-0.2, -0.15) is 0 Å². The lowest BCUT2D eigenvalue weighted by atomic mass is 9.79. The van der Waals surface area contributed by atoms with E-state index in [0.29, 0.717) is 30.6 Å². The fourth-order valence-corrected chi connectivity index (χ4v) is 6.78. The Morgan fingerprint density at radius 1 is 1.29 bits per heavy atom. The maximum Gasteiger partial charge on any atom is 0.248 e. The second-order valence-electron chi connectivity index (χ2n) is 11.9. The summed E-state index contributed by atoms with van der Waals surface area (Å²) < 4.78 is 22.3. The quantitative estimate of drug-likeness (QED) is 0.562. The van der Waals surface area contributed by atoms with Crippen LogP contribution in [0.15, 0.2) is 11.2 Å². The number of carbonyl (C=O) groups is 1. The Morgan fingerprint density at radius 2 is 2.06 bits per heavy atom. The number of nitrogens with zero attached hydrogens (tertiary/aromatic N) is 3. The van der Waals surface area contributed by atoms with Crippen molar-refractivity contribution in [2.45, 2.75) is 102 Å². The molecule has 0 radical (unpaired) electrons. The summed E-state index contributed by atoms with van der Waals surface area (Å²) in [6.07, 6.45) is 9.52. The van der Waals surface area contributed by atoms with Gasteiger partial charge in [0.15, 0.2) is 0 Å². The Morgan fingerprint density at radius 3 is 2.77 bits per heavy atom. The van der Waals surface area contributed by atoms with Crippen molar-refractivity contribution >= 4 is 26.8 Å². The number of imidazole rings is 1. The monoisotopic (exact) mass is 505 g/mol. The van der Waals surface area contributed by atoms with Crippen molar-refractivity contribution in [1.29, 1.82) is 0 Å². The van der Waals surface area contributed by atoms with Crippen LogP contribution in [0.3, 0.4) is 0 Å². The van der Waals surface area contributed by atoms with Crippen LogP contribution in [0.4, 0.5) is 10.3 Å². The van der Waals surface area contributed by atoms with Gasteiger partial charge in [0.2, 0.25) is 11.9 Å². The molecular weight excluding hydrogens is 464 g/mol. The Bertz CT molecular complexity index is 967. The molecule has 1 aromatic heterocycles. The maximum absolute atomic E-state index is 14.3. The molecule has 2 saturated heterocycles. The molecule has 1 amide bonds. The van der Waals surface area contributed by atoms with E-state index >= 15 is 0 Å². The van der Waals surface area contributed by atoms with E-state index in [0.717, 1.165) is 69.5 Å². The molecule has 35 heavy (non-hydrogen) atoms. The summed E-state index contributed by atoms with van der Waals surface area (Å²) in [5, 5.41) is 1.92. The van der Waals surface area contributed by atoms with E-state index in [-0.39, 0.29) is 29.4 Å². The Labute approximate surface area is 210 Å². The average Bonchev–Trinajstić information content (AvgIpc) is 3.22. The number of amides is 1. The zero-order chi connectivity index (χ0) is 24.8. The molecule has 3 fully saturated rings. The predicted molar refractivity (Wildman–Crippen MR) is 139 cm³/mol. The first-order chi connectivity index (χ1) is 16.6. The van der Waals surface area contributed by atoms with Crippen LogP contribution in [0, 0.1) is 17.8 Å². The number of alkyl halides is 1. The number of nitrogens with one attached hydrogen (secondary N) is 2. The van der Waals surface area contributed by atoms with Crippen LogP contribution in [0.2, 0.25) is 0 Å². The zero-order valence-corrected chi connectivity index (χ0v) is 22.5. The molecule has 5 rings (SSSR count). The van der Waals surface area contributed by atoms with Crippen molar-refractivity contribution in [2.24, 2.45) is 22.7 Å². The Kier molecular flexibility index (Phi) is 6.99. The third-order valence-corrected chi connectivity index (χ3v) is 9.23. The lowest BCUT2D eigenvalue weighted by molar-refractivity contribution is -0.126. The van der Waals surface area contributed by atoms with Gasteiger partial charge in [0, 0.05) is 36.6 Å². The highest BCUT2D eigenvalue weighted by Crippen LogP contribution is 2.44. The molecule has 4 unspecified atom stereocenters. The first-order valence-corrected chi connectivity index (χ1v) is 14.0. The van der Waals surface area contributed by atoms with Crippen molar-refractivity contribution in [3.05, 3.63) is 11.9 Å². The third kappa shape index (κ3) is 5.58. The molecule has 5 atom stereocenters. The molecule has 0 aromatic carbocycles. The second kappa shape index (κ2) is 9.74. The second-order valence-corrected chi connectivity index (χ2v) is 12.9. The highest BCUT2D eigenvalue weighted by molar-refractivity contribution is 7.18. The number of halogens is 1.